The van der Waals surface area contributed by atoms with Crippen LogP contribution in [0.3, 0.4) is 0 Å². The van der Waals surface area contributed by atoms with Gasteiger partial charge in [0.15, 0.2) is 0 Å². The molecule has 0 aliphatic heterocycles. The van der Waals surface area contributed by atoms with Crippen LogP contribution in [0.1, 0.15) is 20.3 Å². The van der Waals surface area contributed by atoms with E-state index in [0.29, 0.717) is 17.3 Å². The first-order valence-corrected chi connectivity index (χ1v) is 7.26. The zero-order chi connectivity index (χ0) is 17.0. The van der Waals surface area contributed by atoms with E-state index in [4.69, 9.17) is 0 Å². The normalized spacial score (nSPS) is 13.5. The molecule has 0 radical (unpaired) electrons. The maximum atomic E-state index is 12.2. The monoisotopic (exact) mass is 317 g/mol. The van der Waals surface area contributed by atoms with Gasteiger partial charge in [-0.05, 0) is 18.1 Å². The van der Waals surface area contributed by atoms with E-state index in [1.807, 2.05) is 6.92 Å². The van der Waals surface area contributed by atoms with Crippen LogP contribution in [-0.4, -0.2) is 32.9 Å². The molecule has 1 aromatic heterocycles. The number of rotatable bonds is 6. The summed E-state index contributed by atoms with van der Waals surface area (Å²) in [6.45, 7) is 3.10. The van der Waals surface area contributed by atoms with Crippen molar-refractivity contribution in [3.05, 3.63) is 34.6 Å². The molecule has 0 bridgehead atoms. The Hall–Kier alpha value is -2.77. The molecule has 0 aliphatic rings. The highest BCUT2D eigenvalue weighted by Gasteiger charge is 2.20. The third-order valence-corrected chi connectivity index (χ3v) is 3.71. The summed E-state index contributed by atoms with van der Waals surface area (Å²) in [4.78, 5) is 35.3. The van der Waals surface area contributed by atoms with Gasteiger partial charge in [0.25, 0.3) is 5.56 Å². The number of amides is 1. The SMILES string of the molecule is CC[C@@H](C)[C@H](NC(=O)Cn1nnc2ccccc2c1=O)C(=O)[O-]. The van der Waals surface area contributed by atoms with Gasteiger partial charge in [-0.25, -0.2) is 4.68 Å². The number of carbonyl (C=O) groups excluding carboxylic acids is 2. The summed E-state index contributed by atoms with van der Waals surface area (Å²) in [5, 5.41) is 21.4. The van der Waals surface area contributed by atoms with Gasteiger partial charge in [0, 0.05) is 0 Å². The number of hydrogen-bond donors (Lipinski definition) is 1. The minimum absolute atomic E-state index is 0.289. The molecule has 2 rings (SSSR count). The van der Waals surface area contributed by atoms with E-state index >= 15 is 0 Å². The third-order valence-electron chi connectivity index (χ3n) is 3.71. The van der Waals surface area contributed by atoms with Gasteiger partial charge in [-0.3, -0.25) is 9.59 Å². The van der Waals surface area contributed by atoms with Gasteiger partial charge in [0.1, 0.15) is 12.1 Å². The highest BCUT2D eigenvalue weighted by molar-refractivity contribution is 5.83. The highest BCUT2D eigenvalue weighted by atomic mass is 16.4. The quantitative estimate of drug-likeness (QED) is 0.736. The van der Waals surface area contributed by atoms with Crippen molar-refractivity contribution in [2.45, 2.75) is 32.9 Å². The molecular weight excluding hydrogens is 300 g/mol. The summed E-state index contributed by atoms with van der Waals surface area (Å²) in [6, 6.07) is 5.53. The molecule has 0 unspecified atom stereocenters. The number of carboxylic acid groups (broad SMARTS) is 1. The van der Waals surface area contributed by atoms with Crippen LogP contribution < -0.4 is 16.0 Å². The summed E-state index contributed by atoms with van der Waals surface area (Å²) >= 11 is 0. The number of hydrogen-bond acceptors (Lipinski definition) is 6. The van der Waals surface area contributed by atoms with E-state index in [1.54, 1.807) is 31.2 Å². The van der Waals surface area contributed by atoms with Crippen LogP contribution in [-0.2, 0) is 16.1 Å². The molecule has 8 heteroatoms. The van der Waals surface area contributed by atoms with Crippen molar-refractivity contribution < 1.29 is 14.7 Å². The minimum atomic E-state index is -1.36. The summed E-state index contributed by atoms with van der Waals surface area (Å²) in [6.07, 6.45) is 0.564. The van der Waals surface area contributed by atoms with Crippen molar-refractivity contribution in [1.29, 1.82) is 0 Å². The fourth-order valence-electron chi connectivity index (χ4n) is 2.15. The fraction of sp³-hybridized carbons (Fsp3) is 0.400. The second-order valence-corrected chi connectivity index (χ2v) is 5.32. The van der Waals surface area contributed by atoms with E-state index in [1.165, 1.54) is 0 Å². The largest absolute Gasteiger partial charge is 0.548 e. The Morgan fingerprint density at radius 3 is 2.70 bits per heavy atom. The van der Waals surface area contributed by atoms with Crippen molar-refractivity contribution in [3.63, 3.8) is 0 Å². The van der Waals surface area contributed by atoms with Gasteiger partial charge in [0.2, 0.25) is 5.91 Å². The second kappa shape index (κ2) is 6.99. The van der Waals surface area contributed by atoms with Crippen LogP contribution in [0.15, 0.2) is 29.1 Å². The van der Waals surface area contributed by atoms with Gasteiger partial charge in [-0.15, -0.1) is 5.10 Å². The van der Waals surface area contributed by atoms with Crippen molar-refractivity contribution in [3.8, 4) is 0 Å². The predicted molar refractivity (Wildman–Crippen MR) is 80.2 cm³/mol. The summed E-state index contributed by atoms with van der Waals surface area (Å²) < 4.78 is 0.903. The molecule has 23 heavy (non-hydrogen) atoms. The van der Waals surface area contributed by atoms with Gasteiger partial charge in [-0.2, -0.15) is 0 Å². The molecule has 1 N–H and O–H groups in total. The van der Waals surface area contributed by atoms with Crippen LogP contribution in [0, 0.1) is 5.92 Å². The molecular formula is C15H17N4O4-. The molecule has 1 heterocycles. The average Bonchev–Trinajstić information content (AvgIpc) is 2.54. The van der Waals surface area contributed by atoms with Crippen molar-refractivity contribution in [2.24, 2.45) is 5.92 Å². The van der Waals surface area contributed by atoms with Crippen LogP contribution in [0.2, 0.25) is 0 Å². The Balaban J connectivity index is 2.19. The molecule has 0 saturated carbocycles. The number of nitrogens with zero attached hydrogens (tertiary/aromatic N) is 3. The molecule has 0 fully saturated rings. The lowest BCUT2D eigenvalue weighted by Gasteiger charge is -2.25. The molecule has 0 spiro atoms. The number of aromatic nitrogens is 3. The molecule has 0 saturated heterocycles. The number of benzene rings is 1. The molecule has 122 valence electrons. The Bertz CT molecular complexity index is 786. The van der Waals surface area contributed by atoms with Crippen molar-refractivity contribution in [2.75, 3.05) is 0 Å². The van der Waals surface area contributed by atoms with E-state index in [-0.39, 0.29) is 5.92 Å². The zero-order valence-corrected chi connectivity index (χ0v) is 12.9. The highest BCUT2D eigenvalue weighted by Crippen LogP contribution is 2.07. The Labute approximate surface area is 132 Å². The lowest BCUT2D eigenvalue weighted by atomic mass is 9.99. The van der Waals surface area contributed by atoms with E-state index in [2.05, 4.69) is 15.6 Å². The molecule has 1 aromatic carbocycles. The van der Waals surface area contributed by atoms with Gasteiger partial charge in [-0.1, -0.05) is 37.6 Å². The smallest absolute Gasteiger partial charge is 0.278 e. The minimum Gasteiger partial charge on any atom is -0.548 e. The molecule has 0 aliphatic carbocycles. The fourth-order valence-corrected chi connectivity index (χ4v) is 2.15. The van der Waals surface area contributed by atoms with Crippen molar-refractivity contribution >= 4 is 22.8 Å². The zero-order valence-electron chi connectivity index (χ0n) is 12.9. The summed E-state index contributed by atoms with van der Waals surface area (Å²) in [7, 11) is 0. The van der Waals surface area contributed by atoms with Crippen LogP contribution in [0.5, 0.6) is 0 Å². The first kappa shape index (κ1) is 16.6. The van der Waals surface area contributed by atoms with E-state index in [0.717, 1.165) is 4.68 Å². The standard InChI is InChI=1S/C15H18N4O4/c1-3-9(2)13(15(22)23)16-12(20)8-19-14(21)10-6-4-5-7-11(10)17-18-19/h4-7,9,13H,3,8H2,1-2H3,(H,16,20)(H,22,23)/p-1/t9-,13+/m1/s1. The van der Waals surface area contributed by atoms with Gasteiger partial charge in [0.05, 0.1) is 17.4 Å². The first-order valence-electron chi connectivity index (χ1n) is 7.26. The lowest BCUT2D eigenvalue weighted by Crippen LogP contribution is -2.52. The molecule has 1 amide bonds. The average molecular weight is 317 g/mol. The van der Waals surface area contributed by atoms with Gasteiger partial charge >= 0.3 is 0 Å². The topological polar surface area (TPSA) is 117 Å². The first-order chi connectivity index (χ1) is 10.9. The second-order valence-electron chi connectivity index (χ2n) is 5.32. The molecule has 2 atom stereocenters. The Morgan fingerprint density at radius 2 is 2.04 bits per heavy atom. The number of fused-ring (bicyclic) bond motifs is 1. The number of carbonyl (C=O) groups is 2. The Kier molecular flexibility index (Phi) is 5.05. The van der Waals surface area contributed by atoms with Gasteiger partial charge < -0.3 is 15.2 Å². The van der Waals surface area contributed by atoms with Crippen LogP contribution >= 0.6 is 0 Å². The van der Waals surface area contributed by atoms with Crippen LogP contribution in [0.4, 0.5) is 0 Å². The van der Waals surface area contributed by atoms with Crippen molar-refractivity contribution in [1.82, 2.24) is 20.3 Å². The third kappa shape index (κ3) is 3.71. The number of carboxylic acids is 1. The number of aliphatic carboxylic acids is 1. The summed E-state index contributed by atoms with van der Waals surface area (Å²) in [5.41, 5.74) is -0.0272. The maximum Gasteiger partial charge on any atom is 0.278 e. The van der Waals surface area contributed by atoms with E-state index < -0.39 is 30.0 Å². The Morgan fingerprint density at radius 1 is 1.35 bits per heavy atom. The number of nitrogens with one attached hydrogen (secondary N) is 1. The molecule has 8 nitrogen and oxygen atoms in total. The molecule has 2 aromatic rings. The maximum absolute atomic E-state index is 12.2. The van der Waals surface area contributed by atoms with E-state index in [9.17, 15) is 19.5 Å². The predicted octanol–water partition coefficient (Wildman–Crippen LogP) is -0.928. The van der Waals surface area contributed by atoms with Crippen LogP contribution in [0.25, 0.3) is 10.9 Å². The lowest BCUT2D eigenvalue weighted by molar-refractivity contribution is -0.309. The summed E-state index contributed by atoms with van der Waals surface area (Å²) in [5.74, 6) is -2.28.